The molecule has 0 saturated carbocycles. The maximum Gasteiger partial charge on any atom is 0.133 e. The summed E-state index contributed by atoms with van der Waals surface area (Å²) in [6.07, 6.45) is 1.71. The smallest absolute Gasteiger partial charge is 0.133 e. The topological polar surface area (TPSA) is 16.1 Å². The van der Waals surface area contributed by atoms with E-state index in [2.05, 4.69) is 41.2 Å². The van der Waals surface area contributed by atoms with Crippen LogP contribution in [0.4, 0.5) is 0 Å². The Kier molecular flexibility index (Phi) is 4.13. The van der Waals surface area contributed by atoms with Crippen LogP contribution in [0.25, 0.3) is 0 Å². The molecular weight excluding hydrogens is 232 g/mol. The highest BCUT2D eigenvalue weighted by Gasteiger charge is 2.05. The third-order valence-electron chi connectivity index (χ3n) is 2.57. The van der Waals surface area contributed by atoms with Gasteiger partial charge in [-0.05, 0) is 18.7 Å². The Morgan fingerprint density at radius 1 is 1.06 bits per heavy atom. The van der Waals surface area contributed by atoms with E-state index in [-0.39, 0.29) is 0 Å². The molecule has 0 atom stereocenters. The molecule has 17 heavy (non-hydrogen) atoms. The largest absolute Gasteiger partial charge is 0.298 e. The molecule has 0 amide bonds. The average Bonchev–Trinajstić information content (AvgIpc) is 2.33. The Balaban J connectivity index is 1.98. The molecule has 2 aromatic rings. The van der Waals surface area contributed by atoms with E-state index in [4.69, 9.17) is 11.6 Å². The highest BCUT2D eigenvalue weighted by Crippen LogP contribution is 2.14. The SMILES string of the molecule is CN(Cc1ccccc1)Cc1cccnc1Cl. The fourth-order valence-corrected chi connectivity index (χ4v) is 1.96. The summed E-state index contributed by atoms with van der Waals surface area (Å²) >= 11 is 6.03. The van der Waals surface area contributed by atoms with Crippen molar-refractivity contribution in [3.63, 3.8) is 0 Å². The van der Waals surface area contributed by atoms with Crippen molar-refractivity contribution in [3.05, 3.63) is 64.9 Å². The zero-order valence-corrected chi connectivity index (χ0v) is 10.6. The second kappa shape index (κ2) is 5.80. The summed E-state index contributed by atoms with van der Waals surface area (Å²) < 4.78 is 0. The summed E-state index contributed by atoms with van der Waals surface area (Å²) in [6.45, 7) is 1.72. The number of rotatable bonds is 4. The van der Waals surface area contributed by atoms with Gasteiger partial charge in [0.1, 0.15) is 5.15 Å². The summed E-state index contributed by atoms with van der Waals surface area (Å²) in [5.74, 6) is 0. The molecule has 0 radical (unpaired) electrons. The van der Waals surface area contributed by atoms with Crippen molar-refractivity contribution in [1.29, 1.82) is 0 Å². The molecule has 0 aliphatic rings. The summed E-state index contributed by atoms with van der Waals surface area (Å²) in [6, 6.07) is 14.3. The highest BCUT2D eigenvalue weighted by molar-refractivity contribution is 6.30. The lowest BCUT2D eigenvalue weighted by molar-refractivity contribution is 0.319. The van der Waals surface area contributed by atoms with Gasteiger partial charge in [0.05, 0.1) is 0 Å². The summed E-state index contributed by atoms with van der Waals surface area (Å²) in [5.41, 5.74) is 2.36. The predicted octanol–water partition coefficient (Wildman–Crippen LogP) is 3.37. The van der Waals surface area contributed by atoms with Crippen LogP contribution in [0.5, 0.6) is 0 Å². The minimum atomic E-state index is 0.590. The van der Waals surface area contributed by atoms with Crippen molar-refractivity contribution in [2.45, 2.75) is 13.1 Å². The number of hydrogen-bond acceptors (Lipinski definition) is 2. The molecule has 0 N–H and O–H groups in total. The van der Waals surface area contributed by atoms with Crippen molar-refractivity contribution in [2.24, 2.45) is 0 Å². The van der Waals surface area contributed by atoms with Crippen molar-refractivity contribution in [1.82, 2.24) is 9.88 Å². The first-order valence-electron chi connectivity index (χ1n) is 5.57. The molecule has 0 aliphatic heterocycles. The molecule has 0 bridgehead atoms. The molecule has 1 aromatic carbocycles. The van der Waals surface area contributed by atoms with Crippen LogP contribution in [0.2, 0.25) is 5.15 Å². The van der Waals surface area contributed by atoms with Crippen LogP contribution in [0.3, 0.4) is 0 Å². The fourth-order valence-electron chi connectivity index (χ4n) is 1.78. The van der Waals surface area contributed by atoms with Gasteiger partial charge < -0.3 is 0 Å². The van der Waals surface area contributed by atoms with E-state index >= 15 is 0 Å². The van der Waals surface area contributed by atoms with Crippen molar-refractivity contribution in [2.75, 3.05) is 7.05 Å². The molecule has 2 nitrogen and oxygen atoms in total. The summed E-state index contributed by atoms with van der Waals surface area (Å²) in [5, 5.41) is 0.590. The second-order valence-electron chi connectivity index (χ2n) is 4.11. The maximum atomic E-state index is 6.03. The van der Waals surface area contributed by atoms with Gasteiger partial charge in [0.2, 0.25) is 0 Å². The Morgan fingerprint density at radius 2 is 1.82 bits per heavy atom. The first kappa shape index (κ1) is 12.1. The van der Waals surface area contributed by atoms with E-state index in [1.165, 1.54) is 5.56 Å². The van der Waals surface area contributed by atoms with E-state index in [1.807, 2.05) is 18.2 Å². The Hall–Kier alpha value is -1.38. The third-order valence-corrected chi connectivity index (χ3v) is 2.91. The van der Waals surface area contributed by atoms with Crippen LogP contribution < -0.4 is 0 Å². The minimum absolute atomic E-state index is 0.590. The summed E-state index contributed by atoms with van der Waals surface area (Å²) in [4.78, 5) is 6.30. The van der Waals surface area contributed by atoms with Crippen molar-refractivity contribution < 1.29 is 0 Å². The molecular formula is C14H15ClN2. The predicted molar refractivity (Wildman–Crippen MR) is 70.9 cm³/mol. The van der Waals surface area contributed by atoms with Gasteiger partial charge in [-0.1, -0.05) is 48.0 Å². The molecule has 1 aromatic heterocycles. The maximum absolute atomic E-state index is 6.03. The summed E-state index contributed by atoms with van der Waals surface area (Å²) in [7, 11) is 2.08. The van der Waals surface area contributed by atoms with Crippen LogP contribution >= 0.6 is 11.6 Å². The number of aromatic nitrogens is 1. The zero-order chi connectivity index (χ0) is 12.1. The van der Waals surface area contributed by atoms with Crippen LogP contribution in [0.1, 0.15) is 11.1 Å². The van der Waals surface area contributed by atoms with E-state index < -0.39 is 0 Å². The van der Waals surface area contributed by atoms with Crippen LogP contribution in [0.15, 0.2) is 48.7 Å². The van der Waals surface area contributed by atoms with Crippen molar-refractivity contribution >= 4 is 11.6 Å². The van der Waals surface area contributed by atoms with Crippen LogP contribution in [0, 0.1) is 0 Å². The molecule has 1 heterocycles. The lowest BCUT2D eigenvalue weighted by Crippen LogP contribution is -2.17. The highest BCUT2D eigenvalue weighted by atomic mass is 35.5. The number of hydrogen-bond donors (Lipinski definition) is 0. The first-order valence-corrected chi connectivity index (χ1v) is 5.95. The second-order valence-corrected chi connectivity index (χ2v) is 4.47. The molecule has 88 valence electrons. The number of nitrogens with zero attached hydrogens (tertiary/aromatic N) is 2. The lowest BCUT2D eigenvalue weighted by Gasteiger charge is -2.17. The molecule has 2 rings (SSSR count). The van der Waals surface area contributed by atoms with E-state index in [0.717, 1.165) is 18.7 Å². The van der Waals surface area contributed by atoms with Gasteiger partial charge in [-0.25, -0.2) is 4.98 Å². The van der Waals surface area contributed by atoms with Gasteiger partial charge in [-0.15, -0.1) is 0 Å². The lowest BCUT2D eigenvalue weighted by atomic mass is 10.2. The molecule has 0 aliphatic carbocycles. The normalized spacial score (nSPS) is 10.8. The molecule has 3 heteroatoms. The van der Waals surface area contributed by atoms with E-state index in [0.29, 0.717) is 5.15 Å². The number of benzene rings is 1. The third kappa shape index (κ3) is 3.55. The van der Waals surface area contributed by atoms with Gasteiger partial charge in [-0.3, -0.25) is 4.90 Å². The first-order chi connectivity index (χ1) is 8.25. The number of halogens is 1. The standard InChI is InChI=1S/C14H15ClN2/c1-17(10-12-6-3-2-4-7-12)11-13-8-5-9-16-14(13)15/h2-9H,10-11H2,1H3. The van der Waals surface area contributed by atoms with Gasteiger partial charge in [0.15, 0.2) is 0 Å². The quantitative estimate of drug-likeness (QED) is 0.769. The van der Waals surface area contributed by atoms with Gasteiger partial charge in [0.25, 0.3) is 0 Å². The zero-order valence-electron chi connectivity index (χ0n) is 9.81. The fraction of sp³-hybridized carbons (Fsp3) is 0.214. The van der Waals surface area contributed by atoms with Gasteiger partial charge >= 0.3 is 0 Å². The molecule has 0 saturated heterocycles. The molecule has 0 fully saturated rings. The Labute approximate surface area is 107 Å². The van der Waals surface area contributed by atoms with Gasteiger partial charge in [-0.2, -0.15) is 0 Å². The Morgan fingerprint density at radius 3 is 2.53 bits per heavy atom. The van der Waals surface area contributed by atoms with Crippen molar-refractivity contribution in [3.8, 4) is 0 Å². The molecule has 0 spiro atoms. The van der Waals surface area contributed by atoms with Crippen LogP contribution in [-0.2, 0) is 13.1 Å². The minimum Gasteiger partial charge on any atom is -0.298 e. The van der Waals surface area contributed by atoms with E-state index in [9.17, 15) is 0 Å². The van der Waals surface area contributed by atoms with Gasteiger partial charge in [0, 0.05) is 24.8 Å². The van der Waals surface area contributed by atoms with Crippen LogP contribution in [-0.4, -0.2) is 16.9 Å². The molecule has 0 unspecified atom stereocenters. The average molecular weight is 247 g/mol. The van der Waals surface area contributed by atoms with E-state index in [1.54, 1.807) is 6.20 Å². The Bertz CT molecular complexity index is 471. The number of pyridine rings is 1. The monoisotopic (exact) mass is 246 g/mol.